The van der Waals surface area contributed by atoms with E-state index < -0.39 is 10.0 Å². The van der Waals surface area contributed by atoms with E-state index in [1.54, 1.807) is 0 Å². The van der Waals surface area contributed by atoms with Crippen LogP contribution in [0, 0.1) is 0 Å². The third-order valence-electron chi connectivity index (χ3n) is 0.796. The number of aromatic nitrogens is 1. The molecule has 0 bridgehead atoms. The van der Waals surface area contributed by atoms with Crippen LogP contribution in [0.1, 0.15) is 0 Å². The molecule has 11 heavy (non-hydrogen) atoms. The predicted molar refractivity (Wildman–Crippen MR) is 45.0 cm³/mol. The smallest absolute Gasteiger partial charge is 0.231 e. The summed E-state index contributed by atoms with van der Waals surface area (Å²) in [6.07, 6.45) is 2.46. The van der Waals surface area contributed by atoms with Crippen molar-refractivity contribution in [1.29, 1.82) is 0 Å². The summed E-state index contributed by atoms with van der Waals surface area (Å²) >= 11 is 1.09. The summed E-state index contributed by atoms with van der Waals surface area (Å²) in [5.74, 6) is 0. The molecule has 62 valence electrons. The monoisotopic (exact) mass is 193 g/mol. The molecule has 1 rings (SSSR count). The van der Waals surface area contributed by atoms with Gasteiger partial charge < -0.3 is 5.73 Å². The lowest BCUT2D eigenvalue weighted by Crippen LogP contribution is -2.08. The minimum Gasteiger partial charge on any atom is -0.389 e. The van der Waals surface area contributed by atoms with E-state index in [0.29, 0.717) is 10.1 Å². The van der Waals surface area contributed by atoms with Crippen molar-refractivity contribution in [2.45, 2.75) is 0 Å². The second kappa shape index (κ2) is 2.67. The van der Waals surface area contributed by atoms with Gasteiger partial charge in [-0.1, -0.05) is 11.3 Å². The second-order valence-corrected chi connectivity index (χ2v) is 4.75. The molecule has 1 heterocycles. The molecule has 0 aliphatic carbocycles. The number of hydrogen-bond acceptors (Lipinski definition) is 5. The van der Waals surface area contributed by atoms with Crippen molar-refractivity contribution >= 4 is 31.5 Å². The summed E-state index contributed by atoms with van der Waals surface area (Å²) in [6, 6.07) is 0. The summed E-state index contributed by atoms with van der Waals surface area (Å²) < 4.78 is 23.5. The highest BCUT2D eigenvalue weighted by molar-refractivity contribution is 7.92. The van der Waals surface area contributed by atoms with Gasteiger partial charge >= 0.3 is 0 Å². The van der Waals surface area contributed by atoms with Gasteiger partial charge in [0.1, 0.15) is 5.00 Å². The summed E-state index contributed by atoms with van der Waals surface area (Å²) in [7, 11) is -3.22. The summed E-state index contributed by atoms with van der Waals surface area (Å²) in [4.78, 5) is 3.70. The van der Waals surface area contributed by atoms with Gasteiger partial charge in [-0.05, 0) is 0 Å². The summed E-state index contributed by atoms with van der Waals surface area (Å²) in [5, 5.41) is 0.779. The normalized spacial score (nSPS) is 11.4. The van der Waals surface area contributed by atoms with Crippen LogP contribution in [0.15, 0.2) is 6.20 Å². The number of anilines is 2. The van der Waals surface area contributed by atoms with E-state index >= 15 is 0 Å². The molecule has 0 aliphatic rings. The van der Waals surface area contributed by atoms with Crippen molar-refractivity contribution in [2.75, 3.05) is 16.7 Å². The maximum atomic E-state index is 10.6. The minimum absolute atomic E-state index is 0.296. The lowest BCUT2D eigenvalue weighted by Gasteiger charge is -1.95. The van der Waals surface area contributed by atoms with Crippen LogP contribution in [0.2, 0.25) is 0 Å². The average Bonchev–Trinajstić information content (AvgIpc) is 2.10. The van der Waals surface area contributed by atoms with E-state index in [-0.39, 0.29) is 0 Å². The lowest BCUT2D eigenvalue weighted by molar-refractivity contribution is 0.607. The quantitative estimate of drug-likeness (QED) is 0.697. The van der Waals surface area contributed by atoms with E-state index in [9.17, 15) is 8.42 Å². The Kier molecular flexibility index (Phi) is 2.01. The molecule has 0 unspecified atom stereocenters. The third-order valence-corrected chi connectivity index (χ3v) is 2.23. The summed E-state index contributed by atoms with van der Waals surface area (Å²) in [5.41, 5.74) is 5.32. The van der Waals surface area contributed by atoms with E-state index in [1.807, 2.05) is 0 Å². The Labute approximate surface area is 68.3 Å². The molecule has 5 nitrogen and oxygen atoms in total. The Morgan fingerprint density at radius 3 is 2.73 bits per heavy atom. The molecule has 0 aromatic carbocycles. The lowest BCUT2D eigenvalue weighted by atomic mass is 10.9. The topological polar surface area (TPSA) is 85.1 Å². The Hall–Kier alpha value is -0.820. The first-order valence-electron chi connectivity index (χ1n) is 2.66. The second-order valence-electron chi connectivity index (χ2n) is 1.94. The van der Waals surface area contributed by atoms with Crippen LogP contribution in [0.5, 0.6) is 0 Å². The minimum atomic E-state index is -3.22. The molecule has 0 atom stereocenters. The van der Waals surface area contributed by atoms with Crippen molar-refractivity contribution in [2.24, 2.45) is 0 Å². The molecule has 7 heteroatoms. The fraction of sp³-hybridized carbons (Fsp3) is 0.250. The zero-order valence-corrected chi connectivity index (χ0v) is 7.37. The van der Waals surface area contributed by atoms with Crippen LogP contribution in [-0.4, -0.2) is 19.7 Å². The van der Waals surface area contributed by atoms with Gasteiger partial charge in [0, 0.05) is 0 Å². The number of nitrogens with zero attached hydrogens (tertiary/aromatic N) is 1. The maximum Gasteiger partial charge on any atom is 0.231 e. The zero-order valence-electron chi connectivity index (χ0n) is 5.73. The number of hydrogen-bond donors (Lipinski definition) is 2. The number of thiazole rings is 1. The number of rotatable bonds is 2. The molecule has 0 saturated heterocycles. The van der Waals surface area contributed by atoms with Crippen molar-refractivity contribution in [3.63, 3.8) is 0 Å². The van der Waals surface area contributed by atoms with Crippen LogP contribution >= 0.6 is 11.3 Å². The van der Waals surface area contributed by atoms with Crippen molar-refractivity contribution in [3.8, 4) is 0 Å². The number of nitrogens with two attached hydrogens (primary N) is 1. The molecular weight excluding hydrogens is 186 g/mol. The van der Waals surface area contributed by atoms with Gasteiger partial charge in [-0.15, -0.1) is 0 Å². The third kappa shape index (κ3) is 2.72. The fourth-order valence-electron chi connectivity index (χ4n) is 0.492. The molecule has 0 saturated carbocycles. The maximum absolute atomic E-state index is 10.6. The Balaban J connectivity index is 2.81. The average molecular weight is 193 g/mol. The van der Waals surface area contributed by atoms with Crippen molar-refractivity contribution in [1.82, 2.24) is 4.98 Å². The van der Waals surface area contributed by atoms with E-state index in [2.05, 4.69) is 9.71 Å². The van der Waals surface area contributed by atoms with E-state index in [1.165, 1.54) is 6.20 Å². The van der Waals surface area contributed by atoms with Gasteiger partial charge in [0.2, 0.25) is 10.0 Å². The molecule has 3 N–H and O–H groups in total. The molecule has 0 spiro atoms. The molecule has 1 aromatic heterocycles. The van der Waals surface area contributed by atoms with Gasteiger partial charge in [0.25, 0.3) is 0 Å². The van der Waals surface area contributed by atoms with Crippen LogP contribution in [0.25, 0.3) is 0 Å². The fourth-order valence-corrected chi connectivity index (χ4v) is 1.92. The van der Waals surface area contributed by atoms with E-state index in [4.69, 9.17) is 5.73 Å². The van der Waals surface area contributed by atoms with Gasteiger partial charge in [-0.2, -0.15) is 0 Å². The Morgan fingerprint density at radius 2 is 2.36 bits per heavy atom. The molecule has 0 amide bonds. The summed E-state index contributed by atoms with van der Waals surface area (Å²) in [6.45, 7) is 0. The highest BCUT2D eigenvalue weighted by Gasteiger charge is 2.04. The van der Waals surface area contributed by atoms with Gasteiger partial charge in [0.05, 0.1) is 12.5 Å². The zero-order chi connectivity index (χ0) is 8.48. The predicted octanol–water partition coefficient (Wildman–Crippen LogP) is 0.0968. The first-order valence-corrected chi connectivity index (χ1v) is 5.37. The van der Waals surface area contributed by atoms with Gasteiger partial charge in [-0.3, -0.25) is 4.72 Å². The van der Waals surface area contributed by atoms with Crippen LogP contribution in [-0.2, 0) is 10.0 Å². The highest BCUT2D eigenvalue weighted by Crippen LogP contribution is 2.19. The van der Waals surface area contributed by atoms with Crippen LogP contribution in [0.4, 0.5) is 10.1 Å². The first kappa shape index (κ1) is 8.28. The molecule has 1 aromatic rings. The SMILES string of the molecule is CS(=O)(=O)Nc1ncc(N)s1. The standard InChI is InChI=1S/C4H7N3O2S2/c1-11(8,9)7-4-6-2-3(5)10-4/h2H,5H2,1H3,(H,6,7). The van der Waals surface area contributed by atoms with Crippen LogP contribution < -0.4 is 10.5 Å². The molecule has 0 aliphatic heterocycles. The Morgan fingerprint density at radius 1 is 1.73 bits per heavy atom. The number of nitrogens with one attached hydrogen (secondary N) is 1. The molecule has 0 fully saturated rings. The molecule has 0 radical (unpaired) electrons. The van der Waals surface area contributed by atoms with Gasteiger partial charge in [0.15, 0.2) is 5.13 Å². The Bertz CT molecular complexity index is 342. The number of nitrogen functional groups attached to an aromatic ring is 1. The van der Waals surface area contributed by atoms with Crippen molar-refractivity contribution in [3.05, 3.63) is 6.20 Å². The number of sulfonamides is 1. The highest BCUT2D eigenvalue weighted by atomic mass is 32.2. The largest absolute Gasteiger partial charge is 0.389 e. The van der Waals surface area contributed by atoms with E-state index in [0.717, 1.165) is 17.6 Å². The van der Waals surface area contributed by atoms with Crippen molar-refractivity contribution < 1.29 is 8.42 Å². The van der Waals surface area contributed by atoms with Gasteiger partial charge in [-0.25, -0.2) is 13.4 Å². The first-order chi connectivity index (χ1) is 4.97. The van der Waals surface area contributed by atoms with Crippen LogP contribution in [0.3, 0.4) is 0 Å². The molecular formula is C4H7N3O2S2.